The maximum atomic E-state index is 5.58. The fourth-order valence-corrected chi connectivity index (χ4v) is 3.26. The van der Waals surface area contributed by atoms with E-state index in [-0.39, 0.29) is 0 Å². The molecule has 2 rings (SSSR count). The Morgan fingerprint density at radius 1 is 1.56 bits per heavy atom. The third-order valence-corrected chi connectivity index (χ3v) is 4.74. The zero-order chi connectivity index (χ0) is 13.0. The minimum atomic E-state index is 0.322. The number of nitrogens with one attached hydrogen (secondary N) is 1. The smallest absolute Gasteiger partial charge is 0.0669 e. The molecule has 1 N–H and O–H groups in total. The van der Waals surface area contributed by atoms with E-state index in [1.807, 2.05) is 18.0 Å². The van der Waals surface area contributed by atoms with Gasteiger partial charge < -0.3 is 10.1 Å². The van der Waals surface area contributed by atoms with Crippen molar-refractivity contribution >= 4 is 11.8 Å². The van der Waals surface area contributed by atoms with E-state index >= 15 is 0 Å². The molecule has 0 saturated carbocycles. The van der Waals surface area contributed by atoms with Gasteiger partial charge in [0.15, 0.2) is 0 Å². The predicted molar refractivity (Wildman–Crippen MR) is 76.0 cm³/mol. The van der Waals surface area contributed by atoms with Gasteiger partial charge in [0.25, 0.3) is 0 Å². The second-order valence-corrected chi connectivity index (χ2v) is 6.03. The molecule has 1 aromatic heterocycles. The van der Waals surface area contributed by atoms with Crippen molar-refractivity contribution in [1.29, 1.82) is 0 Å². The minimum absolute atomic E-state index is 0.322. The Labute approximate surface area is 114 Å². The van der Waals surface area contributed by atoms with Crippen LogP contribution >= 0.6 is 11.8 Å². The van der Waals surface area contributed by atoms with Crippen LogP contribution in [0.25, 0.3) is 0 Å². The molecule has 0 spiro atoms. The molecular formula is C14H22N2OS. The molecule has 0 amide bonds. The Bertz CT molecular complexity index is 369. The molecule has 3 atom stereocenters. The number of pyridine rings is 1. The van der Waals surface area contributed by atoms with Crippen LogP contribution in [0.3, 0.4) is 0 Å². The van der Waals surface area contributed by atoms with Gasteiger partial charge in [-0.1, -0.05) is 6.92 Å². The highest BCUT2D eigenvalue weighted by Gasteiger charge is 2.25. The number of thioether (sulfide) groups is 1. The second-order valence-electron chi connectivity index (χ2n) is 4.72. The van der Waals surface area contributed by atoms with Crippen molar-refractivity contribution in [3.8, 4) is 0 Å². The normalized spacial score (nSPS) is 25.3. The molecule has 0 aliphatic carbocycles. The number of nitrogens with zero attached hydrogens (tertiary/aromatic N) is 1. The molecule has 1 aliphatic heterocycles. The summed E-state index contributed by atoms with van der Waals surface area (Å²) in [6.45, 7) is 8.27. The summed E-state index contributed by atoms with van der Waals surface area (Å²) in [7, 11) is 0. The summed E-state index contributed by atoms with van der Waals surface area (Å²) in [6.07, 6.45) is 3.48. The van der Waals surface area contributed by atoms with Gasteiger partial charge in [-0.2, -0.15) is 0 Å². The standard InChI is InChI=1S/C14H22N2OS/c1-4-15-10(2)13-6-5-12(9-16-13)18-14-7-8-17-11(14)3/h5-6,9-11,14-15H,4,7-8H2,1-3H3. The van der Waals surface area contributed by atoms with Crippen molar-refractivity contribution < 1.29 is 4.74 Å². The molecule has 0 aromatic carbocycles. The van der Waals surface area contributed by atoms with Gasteiger partial charge in [-0.15, -0.1) is 11.8 Å². The first-order valence-electron chi connectivity index (χ1n) is 6.68. The molecule has 4 heteroatoms. The first kappa shape index (κ1) is 13.8. The molecule has 1 fully saturated rings. The molecule has 3 nitrogen and oxygen atoms in total. The van der Waals surface area contributed by atoms with Crippen LogP contribution in [0.5, 0.6) is 0 Å². The van der Waals surface area contributed by atoms with Crippen LogP contribution in [0.15, 0.2) is 23.2 Å². The number of rotatable bonds is 5. The molecule has 3 unspecified atom stereocenters. The Balaban J connectivity index is 1.95. The SMILES string of the molecule is CCNC(C)c1ccc(SC2CCOC2C)cn1. The Morgan fingerprint density at radius 2 is 2.39 bits per heavy atom. The second kappa shape index (κ2) is 6.55. The summed E-state index contributed by atoms with van der Waals surface area (Å²) in [5.74, 6) is 0. The van der Waals surface area contributed by atoms with E-state index in [0.717, 1.165) is 25.3 Å². The van der Waals surface area contributed by atoms with Gasteiger partial charge in [-0.3, -0.25) is 4.98 Å². The van der Waals surface area contributed by atoms with E-state index in [4.69, 9.17) is 4.74 Å². The Hall–Kier alpha value is -0.580. The Kier molecular flexibility index (Phi) is 5.03. The zero-order valence-electron chi connectivity index (χ0n) is 11.3. The van der Waals surface area contributed by atoms with E-state index in [9.17, 15) is 0 Å². The van der Waals surface area contributed by atoms with E-state index in [1.54, 1.807) is 0 Å². The molecule has 0 bridgehead atoms. The number of hydrogen-bond donors (Lipinski definition) is 1. The first-order valence-corrected chi connectivity index (χ1v) is 7.56. The van der Waals surface area contributed by atoms with Crippen LogP contribution in [-0.2, 0) is 4.74 Å². The van der Waals surface area contributed by atoms with Crippen molar-refractivity contribution in [3.05, 3.63) is 24.0 Å². The van der Waals surface area contributed by atoms with Gasteiger partial charge >= 0.3 is 0 Å². The first-order chi connectivity index (χ1) is 8.70. The summed E-state index contributed by atoms with van der Waals surface area (Å²) in [6, 6.07) is 4.62. The van der Waals surface area contributed by atoms with E-state index in [0.29, 0.717) is 17.4 Å². The summed E-state index contributed by atoms with van der Waals surface area (Å²) in [4.78, 5) is 5.78. The predicted octanol–water partition coefficient (Wildman–Crippen LogP) is 3.02. The van der Waals surface area contributed by atoms with Crippen molar-refractivity contribution in [3.63, 3.8) is 0 Å². The van der Waals surface area contributed by atoms with E-state index in [2.05, 4.69) is 43.2 Å². The van der Waals surface area contributed by atoms with Gasteiger partial charge in [-0.25, -0.2) is 0 Å². The van der Waals surface area contributed by atoms with Crippen molar-refractivity contribution in [2.75, 3.05) is 13.2 Å². The van der Waals surface area contributed by atoms with Gasteiger partial charge in [0, 0.05) is 29.0 Å². The average molecular weight is 266 g/mol. The summed E-state index contributed by atoms with van der Waals surface area (Å²) < 4.78 is 5.58. The van der Waals surface area contributed by atoms with Gasteiger partial charge in [0.05, 0.1) is 11.8 Å². The molecule has 2 heterocycles. The minimum Gasteiger partial charge on any atom is -0.377 e. The monoisotopic (exact) mass is 266 g/mol. The molecule has 1 saturated heterocycles. The quantitative estimate of drug-likeness (QED) is 0.888. The van der Waals surface area contributed by atoms with Gasteiger partial charge in [-0.05, 0) is 38.9 Å². The molecule has 100 valence electrons. The van der Waals surface area contributed by atoms with Crippen LogP contribution in [-0.4, -0.2) is 29.5 Å². The lowest BCUT2D eigenvalue weighted by atomic mass is 10.2. The average Bonchev–Trinajstić information content (AvgIpc) is 2.76. The summed E-state index contributed by atoms with van der Waals surface area (Å²) in [5.41, 5.74) is 1.11. The fourth-order valence-electron chi connectivity index (χ4n) is 2.17. The third kappa shape index (κ3) is 3.46. The molecule has 1 aromatic rings. The summed E-state index contributed by atoms with van der Waals surface area (Å²) in [5, 5.41) is 3.95. The lowest BCUT2D eigenvalue weighted by Crippen LogP contribution is -2.18. The lowest BCUT2D eigenvalue weighted by molar-refractivity contribution is 0.127. The van der Waals surface area contributed by atoms with Crippen LogP contribution in [0.2, 0.25) is 0 Å². The number of aromatic nitrogens is 1. The van der Waals surface area contributed by atoms with E-state index < -0.39 is 0 Å². The topological polar surface area (TPSA) is 34.1 Å². The van der Waals surface area contributed by atoms with Crippen molar-refractivity contribution in [2.24, 2.45) is 0 Å². The molecule has 0 radical (unpaired) electrons. The lowest BCUT2D eigenvalue weighted by Gasteiger charge is -2.15. The highest BCUT2D eigenvalue weighted by Crippen LogP contribution is 2.32. The van der Waals surface area contributed by atoms with Crippen LogP contribution in [0.4, 0.5) is 0 Å². The largest absolute Gasteiger partial charge is 0.377 e. The molecular weight excluding hydrogens is 244 g/mol. The number of ether oxygens (including phenoxy) is 1. The maximum absolute atomic E-state index is 5.58. The highest BCUT2D eigenvalue weighted by atomic mass is 32.2. The molecule has 1 aliphatic rings. The van der Waals surface area contributed by atoms with Crippen LogP contribution < -0.4 is 5.32 Å². The van der Waals surface area contributed by atoms with Crippen LogP contribution in [0, 0.1) is 0 Å². The third-order valence-electron chi connectivity index (χ3n) is 3.31. The Morgan fingerprint density at radius 3 is 2.94 bits per heavy atom. The van der Waals surface area contributed by atoms with Gasteiger partial charge in [0.1, 0.15) is 0 Å². The highest BCUT2D eigenvalue weighted by molar-refractivity contribution is 8.00. The van der Waals surface area contributed by atoms with Gasteiger partial charge in [0.2, 0.25) is 0 Å². The van der Waals surface area contributed by atoms with Crippen molar-refractivity contribution in [1.82, 2.24) is 10.3 Å². The zero-order valence-corrected chi connectivity index (χ0v) is 12.2. The number of hydrogen-bond acceptors (Lipinski definition) is 4. The van der Waals surface area contributed by atoms with E-state index in [1.165, 1.54) is 4.90 Å². The fraction of sp³-hybridized carbons (Fsp3) is 0.643. The van der Waals surface area contributed by atoms with Crippen LogP contribution in [0.1, 0.15) is 38.9 Å². The molecule has 18 heavy (non-hydrogen) atoms. The van der Waals surface area contributed by atoms with Crippen molar-refractivity contribution in [2.45, 2.75) is 49.5 Å². The summed E-state index contributed by atoms with van der Waals surface area (Å²) >= 11 is 1.89. The maximum Gasteiger partial charge on any atom is 0.0669 e.